The van der Waals surface area contributed by atoms with Crippen LogP contribution in [-0.4, -0.2) is 45.3 Å². The van der Waals surface area contributed by atoms with Gasteiger partial charge in [-0.3, -0.25) is 9.36 Å². The molecule has 0 atom stereocenters. The molecule has 0 saturated heterocycles. The number of ether oxygens (including phenoxy) is 1. The number of hydrogen-bond acceptors (Lipinski definition) is 6. The van der Waals surface area contributed by atoms with Crippen LogP contribution >= 0.6 is 18.9 Å². The Balaban J connectivity index is 1.94. The smallest absolute Gasteiger partial charge is 0.362 e. The molecule has 0 saturated carbocycles. The van der Waals surface area contributed by atoms with Gasteiger partial charge in [0.05, 0.1) is 11.2 Å². The molecule has 134 valence electrons. The Bertz CT molecular complexity index is 847. The molecule has 25 heavy (non-hydrogen) atoms. The minimum absolute atomic E-state index is 0.00521. The van der Waals surface area contributed by atoms with Gasteiger partial charge in [-0.15, -0.1) is 11.3 Å². The zero-order valence-corrected chi connectivity index (χ0v) is 14.8. The second-order valence-corrected chi connectivity index (χ2v) is 8.06. The largest absolute Gasteiger partial charge is 0.480 e. The molecule has 2 aromatic rings. The van der Waals surface area contributed by atoms with Crippen LogP contribution in [0.2, 0.25) is 0 Å². The zero-order chi connectivity index (χ0) is 18.0. The van der Waals surface area contributed by atoms with Crippen molar-refractivity contribution < 1.29 is 29.0 Å². The fourth-order valence-electron chi connectivity index (χ4n) is 2.69. The van der Waals surface area contributed by atoms with Crippen molar-refractivity contribution in [2.75, 3.05) is 19.5 Å². The van der Waals surface area contributed by atoms with Crippen LogP contribution in [-0.2, 0) is 11.0 Å². The van der Waals surface area contributed by atoms with Gasteiger partial charge in [-0.25, -0.2) is 4.98 Å². The molecular weight excluding hydrogens is 367 g/mol. The number of amides is 1. The van der Waals surface area contributed by atoms with Crippen molar-refractivity contribution in [2.45, 2.75) is 12.8 Å². The molecule has 0 bridgehead atoms. The first-order valence-electron chi connectivity index (χ1n) is 7.55. The number of thiazole rings is 1. The minimum atomic E-state index is -4.32. The summed E-state index contributed by atoms with van der Waals surface area (Å²) in [5.41, 5.74) is 4.19. The van der Waals surface area contributed by atoms with Gasteiger partial charge >= 0.3 is 7.60 Å². The van der Waals surface area contributed by atoms with Crippen LogP contribution < -0.4 is 10.1 Å². The van der Waals surface area contributed by atoms with E-state index in [9.17, 15) is 9.36 Å². The lowest BCUT2D eigenvalue weighted by Gasteiger charge is -2.14. The van der Waals surface area contributed by atoms with E-state index in [4.69, 9.17) is 19.6 Å². The van der Waals surface area contributed by atoms with Gasteiger partial charge in [0.25, 0.3) is 5.91 Å². The quantitative estimate of drug-likeness (QED) is 0.357. The molecule has 1 aromatic carbocycles. The van der Waals surface area contributed by atoms with E-state index >= 15 is 0 Å². The van der Waals surface area contributed by atoms with E-state index in [1.54, 1.807) is 11.6 Å². The van der Waals surface area contributed by atoms with E-state index in [1.807, 2.05) is 0 Å². The normalized spacial score (nSPS) is 12.6. The first-order valence-corrected chi connectivity index (χ1v) is 10.2. The number of carbonyl (C=O) groups excluding carboxylic acids is 1. The lowest BCUT2D eigenvalue weighted by molar-refractivity contribution is 0.0950. The van der Waals surface area contributed by atoms with Crippen LogP contribution in [0.3, 0.4) is 0 Å². The van der Waals surface area contributed by atoms with Crippen molar-refractivity contribution in [3.05, 3.63) is 33.6 Å². The zero-order valence-electron chi connectivity index (χ0n) is 13.1. The van der Waals surface area contributed by atoms with Gasteiger partial charge in [0.15, 0.2) is 6.35 Å². The molecule has 10 heteroatoms. The number of benzene rings is 1. The molecule has 1 aromatic heterocycles. The van der Waals surface area contributed by atoms with E-state index in [-0.39, 0.29) is 12.5 Å². The highest BCUT2D eigenvalue weighted by Crippen LogP contribution is 2.46. The van der Waals surface area contributed by atoms with Crippen molar-refractivity contribution in [3.63, 3.8) is 0 Å². The van der Waals surface area contributed by atoms with E-state index in [1.165, 1.54) is 17.4 Å². The molecule has 1 amide bonds. The number of nitrogens with one attached hydrogen (secondary N) is 1. The summed E-state index contributed by atoms with van der Waals surface area (Å²) in [5, 5.41) is 11.6. The van der Waals surface area contributed by atoms with Crippen molar-refractivity contribution in [2.24, 2.45) is 0 Å². The Labute approximate surface area is 147 Å². The van der Waals surface area contributed by atoms with Crippen LogP contribution in [0.1, 0.15) is 27.2 Å². The summed E-state index contributed by atoms with van der Waals surface area (Å²) in [6.45, 7) is 0.357. The number of hydrogen-bond donors (Lipinski definition) is 4. The van der Waals surface area contributed by atoms with Gasteiger partial charge in [-0.1, -0.05) is 0 Å². The van der Waals surface area contributed by atoms with Gasteiger partial charge in [0.1, 0.15) is 5.75 Å². The van der Waals surface area contributed by atoms with Gasteiger partial charge < -0.3 is 24.9 Å². The number of aromatic nitrogens is 1. The SMILES string of the molecule is O=C(NCCCO)c1ccc(OCP(=O)(O)O)c2c1Cc1scnc1-2. The minimum Gasteiger partial charge on any atom is -0.480 e. The summed E-state index contributed by atoms with van der Waals surface area (Å²) in [6.07, 6.45) is 0.248. The molecule has 1 heterocycles. The Morgan fingerprint density at radius 1 is 1.40 bits per heavy atom. The standard InChI is InChI=1S/C15H17N2O6PS/c18-5-1-4-16-15(19)9-2-3-11(23-8-24(20,21)22)13-10(9)6-12-14(13)17-7-25-12/h2-3,7,18H,1,4-6,8H2,(H,16,19)(H2,20,21,22). The maximum atomic E-state index is 12.4. The number of carbonyl (C=O) groups is 1. The molecule has 0 aliphatic heterocycles. The van der Waals surface area contributed by atoms with Crippen LogP contribution in [0.5, 0.6) is 5.75 Å². The molecule has 0 spiro atoms. The highest BCUT2D eigenvalue weighted by Gasteiger charge is 2.30. The molecule has 0 unspecified atom stereocenters. The van der Waals surface area contributed by atoms with E-state index in [0.29, 0.717) is 42.0 Å². The third-order valence-corrected chi connectivity index (χ3v) is 5.04. The lowest BCUT2D eigenvalue weighted by atomic mass is 10.0. The van der Waals surface area contributed by atoms with Gasteiger partial charge in [-0.2, -0.15) is 0 Å². The summed E-state index contributed by atoms with van der Waals surface area (Å²) in [5.74, 6) is 0.0382. The first-order chi connectivity index (χ1) is 11.9. The van der Waals surface area contributed by atoms with E-state index < -0.39 is 13.9 Å². The third-order valence-electron chi connectivity index (χ3n) is 3.74. The number of aliphatic hydroxyl groups is 1. The fraction of sp³-hybridized carbons (Fsp3) is 0.333. The molecule has 1 aliphatic rings. The molecule has 0 fully saturated rings. The number of fused-ring (bicyclic) bond motifs is 3. The second kappa shape index (κ2) is 7.23. The first kappa shape index (κ1) is 18.0. The summed E-state index contributed by atoms with van der Waals surface area (Å²) in [4.78, 5) is 35.8. The number of aliphatic hydroxyl groups excluding tert-OH is 1. The summed E-state index contributed by atoms with van der Waals surface area (Å²) >= 11 is 1.46. The molecule has 3 rings (SSSR count). The average Bonchev–Trinajstić information content (AvgIpc) is 3.12. The third kappa shape index (κ3) is 3.91. The predicted octanol–water partition coefficient (Wildman–Crippen LogP) is 1.34. The van der Waals surface area contributed by atoms with Gasteiger partial charge in [-0.05, 0) is 24.1 Å². The highest BCUT2D eigenvalue weighted by molar-refractivity contribution is 7.51. The summed E-state index contributed by atoms with van der Waals surface area (Å²) in [7, 11) is -4.32. The Kier molecular flexibility index (Phi) is 5.21. The second-order valence-electron chi connectivity index (χ2n) is 5.54. The van der Waals surface area contributed by atoms with Crippen molar-refractivity contribution in [1.29, 1.82) is 0 Å². The maximum absolute atomic E-state index is 12.4. The Hall–Kier alpha value is -1.77. The maximum Gasteiger partial charge on any atom is 0.362 e. The topological polar surface area (TPSA) is 129 Å². The van der Waals surface area contributed by atoms with E-state index in [2.05, 4.69) is 10.3 Å². The number of nitrogens with zero attached hydrogens (tertiary/aromatic N) is 1. The fourth-order valence-corrected chi connectivity index (χ4v) is 3.78. The predicted molar refractivity (Wildman–Crippen MR) is 91.9 cm³/mol. The van der Waals surface area contributed by atoms with E-state index in [0.717, 1.165) is 10.4 Å². The monoisotopic (exact) mass is 384 g/mol. The van der Waals surface area contributed by atoms with Crippen LogP contribution in [0.25, 0.3) is 11.3 Å². The van der Waals surface area contributed by atoms with Gasteiger partial charge in [0.2, 0.25) is 0 Å². The van der Waals surface area contributed by atoms with Crippen LogP contribution in [0, 0.1) is 0 Å². The Morgan fingerprint density at radius 2 is 2.20 bits per heavy atom. The van der Waals surface area contributed by atoms with Gasteiger partial charge in [0, 0.05) is 35.6 Å². The van der Waals surface area contributed by atoms with Crippen molar-refractivity contribution in [1.82, 2.24) is 10.3 Å². The van der Waals surface area contributed by atoms with Crippen LogP contribution in [0.4, 0.5) is 0 Å². The molecule has 0 radical (unpaired) electrons. The molecule has 4 N–H and O–H groups in total. The molecule has 8 nitrogen and oxygen atoms in total. The summed E-state index contributed by atoms with van der Waals surface area (Å²) in [6, 6.07) is 3.11. The van der Waals surface area contributed by atoms with Crippen molar-refractivity contribution in [3.8, 4) is 17.0 Å². The van der Waals surface area contributed by atoms with Crippen molar-refractivity contribution >= 4 is 24.8 Å². The average molecular weight is 384 g/mol. The van der Waals surface area contributed by atoms with Crippen LogP contribution in [0.15, 0.2) is 17.6 Å². The number of rotatable bonds is 7. The molecular formula is C15H17N2O6PS. The summed E-state index contributed by atoms with van der Waals surface area (Å²) < 4.78 is 16.4. The lowest BCUT2D eigenvalue weighted by Crippen LogP contribution is -2.26. The Morgan fingerprint density at radius 3 is 2.92 bits per heavy atom. The highest BCUT2D eigenvalue weighted by atomic mass is 32.1. The molecule has 1 aliphatic carbocycles.